The smallest absolute Gasteiger partial charge is 0.412 e. The molecule has 1 aromatic carbocycles. The average Bonchev–Trinajstić information content (AvgIpc) is 2.44. The van der Waals surface area contributed by atoms with E-state index in [0.29, 0.717) is 0 Å². The van der Waals surface area contributed by atoms with Gasteiger partial charge in [0.25, 0.3) is 0 Å². The minimum atomic E-state index is -4.19. The Labute approximate surface area is 138 Å². The number of halogens is 2. The molecule has 0 aliphatic carbocycles. The Morgan fingerprint density at radius 3 is 2.29 bits per heavy atom. The second-order valence-electron chi connectivity index (χ2n) is 6.33. The zero-order valence-corrected chi connectivity index (χ0v) is 13.8. The van der Waals surface area contributed by atoms with Crippen LogP contribution < -0.4 is 16.6 Å². The Kier molecular flexibility index (Phi) is 5.52. The largest absolute Gasteiger partial charge is 0.444 e. The minimum Gasteiger partial charge on any atom is -0.444 e. The monoisotopic (exact) mass is 345 g/mol. The van der Waals surface area contributed by atoms with Gasteiger partial charge in [-0.3, -0.25) is 15.5 Å². The van der Waals surface area contributed by atoms with Gasteiger partial charge < -0.3 is 9.84 Å². The molecular weight excluding hydrogens is 324 g/mol. The van der Waals surface area contributed by atoms with Gasteiger partial charge in [-0.1, -0.05) is 12.1 Å². The highest BCUT2D eigenvalue weighted by molar-refractivity contribution is 5.86. The van der Waals surface area contributed by atoms with E-state index in [2.05, 4.69) is 5.32 Å². The van der Waals surface area contributed by atoms with Crippen molar-refractivity contribution in [1.82, 2.24) is 5.43 Å². The van der Waals surface area contributed by atoms with Crippen molar-refractivity contribution in [3.63, 3.8) is 0 Å². The van der Waals surface area contributed by atoms with Crippen LogP contribution in [-0.2, 0) is 15.1 Å². The van der Waals surface area contributed by atoms with Crippen LogP contribution in [0, 0.1) is 0 Å². The maximum atomic E-state index is 14.0. The molecule has 0 aliphatic heterocycles. The van der Waals surface area contributed by atoms with E-state index in [1.807, 2.05) is 0 Å². The predicted octanol–water partition coefficient (Wildman–Crippen LogP) is 1.87. The third-order valence-electron chi connectivity index (χ3n) is 3.10. The Bertz CT molecular complexity index is 627. The summed E-state index contributed by atoms with van der Waals surface area (Å²) in [6, 6.07) is 5.07. The topological polar surface area (TPSA) is 114 Å². The van der Waals surface area contributed by atoms with E-state index in [1.54, 1.807) is 20.8 Å². The molecule has 5 N–H and O–H groups in total. The van der Waals surface area contributed by atoms with E-state index in [1.165, 1.54) is 23.6 Å². The molecule has 2 amide bonds. The molecule has 0 fully saturated rings. The van der Waals surface area contributed by atoms with Gasteiger partial charge in [0.15, 0.2) is 5.60 Å². The number of carbonyl (C=O) groups is 2. The summed E-state index contributed by atoms with van der Waals surface area (Å²) in [7, 11) is 0. The van der Waals surface area contributed by atoms with Crippen molar-refractivity contribution in [3.05, 3.63) is 29.8 Å². The summed E-state index contributed by atoms with van der Waals surface area (Å²) in [5.41, 5.74) is -2.44. The van der Waals surface area contributed by atoms with Gasteiger partial charge in [0, 0.05) is 5.69 Å². The van der Waals surface area contributed by atoms with Crippen LogP contribution in [0.1, 0.15) is 33.3 Å². The first-order valence-electron chi connectivity index (χ1n) is 7.03. The van der Waals surface area contributed by atoms with Crippen LogP contribution in [0.4, 0.5) is 19.3 Å². The minimum absolute atomic E-state index is 0.117. The fraction of sp³-hybridized carbons (Fsp3) is 0.467. The number of hydrogen-bond donors (Lipinski definition) is 4. The number of alkyl halides is 2. The first-order valence-corrected chi connectivity index (χ1v) is 7.03. The lowest BCUT2D eigenvalue weighted by molar-refractivity contribution is -0.191. The second-order valence-corrected chi connectivity index (χ2v) is 6.33. The normalized spacial score (nSPS) is 14.5. The maximum Gasteiger partial charge on any atom is 0.412 e. The highest BCUT2D eigenvalue weighted by atomic mass is 19.3. The first-order chi connectivity index (χ1) is 10.8. The number of benzene rings is 1. The number of amides is 2. The standard InChI is InChI=1S/C15H21F2N3O4/c1-13(2,3)24-12(22)19-10-7-5-6-9(8-10)14(4,23)15(16,17)11(21)20-18/h5-8,23H,18H2,1-4H3,(H,19,22)(H,20,21). The van der Waals surface area contributed by atoms with Crippen molar-refractivity contribution in [1.29, 1.82) is 0 Å². The maximum absolute atomic E-state index is 14.0. The number of carbonyl (C=O) groups excluding carboxylic acids is 2. The molecule has 0 saturated carbocycles. The summed E-state index contributed by atoms with van der Waals surface area (Å²) in [5.74, 6) is -1.30. The van der Waals surface area contributed by atoms with Gasteiger partial charge in [-0.05, 0) is 45.4 Å². The van der Waals surface area contributed by atoms with Gasteiger partial charge in [0.05, 0.1) is 0 Å². The lowest BCUT2D eigenvalue weighted by Gasteiger charge is -2.31. The summed E-state index contributed by atoms with van der Waals surface area (Å²) in [6.07, 6.45) is -0.786. The molecule has 0 saturated heterocycles. The molecule has 0 spiro atoms. The van der Waals surface area contributed by atoms with Crippen LogP contribution in [0.15, 0.2) is 24.3 Å². The number of hydrogen-bond acceptors (Lipinski definition) is 5. The quantitative estimate of drug-likeness (QED) is 0.378. The fourth-order valence-electron chi connectivity index (χ4n) is 1.81. The highest BCUT2D eigenvalue weighted by Gasteiger charge is 2.56. The molecule has 0 aromatic heterocycles. The Morgan fingerprint density at radius 2 is 1.79 bits per heavy atom. The predicted molar refractivity (Wildman–Crippen MR) is 83.1 cm³/mol. The van der Waals surface area contributed by atoms with Crippen molar-refractivity contribution in [3.8, 4) is 0 Å². The average molecular weight is 345 g/mol. The zero-order valence-electron chi connectivity index (χ0n) is 13.8. The van der Waals surface area contributed by atoms with E-state index < -0.39 is 29.1 Å². The summed E-state index contributed by atoms with van der Waals surface area (Å²) in [6.45, 7) is 5.77. The number of aliphatic hydroxyl groups is 1. The third kappa shape index (κ3) is 4.39. The van der Waals surface area contributed by atoms with Crippen LogP contribution in [0.25, 0.3) is 0 Å². The second kappa shape index (κ2) is 6.70. The molecule has 24 heavy (non-hydrogen) atoms. The van der Waals surface area contributed by atoms with E-state index in [4.69, 9.17) is 10.6 Å². The molecule has 1 aromatic rings. The summed E-state index contributed by atoms with van der Waals surface area (Å²) in [4.78, 5) is 23.0. The molecule has 0 radical (unpaired) electrons. The number of rotatable bonds is 4. The Hall–Kier alpha value is -2.26. The van der Waals surface area contributed by atoms with Crippen molar-refractivity contribution in [2.24, 2.45) is 5.84 Å². The number of nitrogens with one attached hydrogen (secondary N) is 2. The van der Waals surface area contributed by atoms with Gasteiger partial charge in [-0.25, -0.2) is 10.6 Å². The molecule has 0 bridgehead atoms. The molecule has 134 valence electrons. The van der Waals surface area contributed by atoms with Gasteiger partial charge in [0.2, 0.25) is 0 Å². The van der Waals surface area contributed by atoms with Crippen molar-refractivity contribution in [2.45, 2.75) is 44.8 Å². The van der Waals surface area contributed by atoms with Crippen molar-refractivity contribution in [2.75, 3.05) is 5.32 Å². The summed E-state index contributed by atoms with van der Waals surface area (Å²) < 4.78 is 33.1. The van der Waals surface area contributed by atoms with E-state index in [9.17, 15) is 23.5 Å². The number of hydrazine groups is 1. The number of nitrogens with two attached hydrogens (primary N) is 1. The lowest BCUT2D eigenvalue weighted by atomic mass is 9.88. The third-order valence-corrected chi connectivity index (χ3v) is 3.10. The Balaban J connectivity index is 3.07. The summed E-state index contributed by atoms with van der Waals surface area (Å²) >= 11 is 0. The van der Waals surface area contributed by atoms with Crippen LogP contribution >= 0.6 is 0 Å². The molecule has 7 nitrogen and oxygen atoms in total. The fourth-order valence-corrected chi connectivity index (χ4v) is 1.81. The molecule has 1 unspecified atom stereocenters. The van der Waals surface area contributed by atoms with Gasteiger partial charge in [-0.15, -0.1) is 0 Å². The van der Waals surface area contributed by atoms with Crippen molar-refractivity contribution < 1.29 is 28.2 Å². The zero-order chi connectivity index (χ0) is 18.8. The van der Waals surface area contributed by atoms with Gasteiger partial charge in [-0.2, -0.15) is 8.78 Å². The molecule has 1 atom stereocenters. The molecule has 9 heteroatoms. The highest BCUT2D eigenvalue weighted by Crippen LogP contribution is 2.38. The van der Waals surface area contributed by atoms with Crippen LogP contribution in [-0.4, -0.2) is 28.6 Å². The van der Waals surface area contributed by atoms with E-state index in [-0.39, 0.29) is 11.3 Å². The van der Waals surface area contributed by atoms with E-state index in [0.717, 1.165) is 13.0 Å². The molecule has 1 rings (SSSR count). The first kappa shape index (κ1) is 19.8. The molecular formula is C15H21F2N3O4. The van der Waals surface area contributed by atoms with Gasteiger partial charge >= 0.3 is 17.9 Å². The molecule has 0 heterocycles. The van der Waals surface area contributed by atoms with Gasteiger partial charge in [0.1, 0.15) is 5.60 Å². The van der Waals surface area contributed by atoms with Crippen LogP contribution in [0.3, 0.4) is 0 Å². The van der Waals surface area contributed by atoms with Crippen molar-refractivity contribution >= 4 is 17.7 Å². The number of ether oxygens (including phenoxy) is 1. The summed E-state index contributed by atoms with van der Waals surface area (Å²) in [5, 5.41) is 12.5. The van der Waals surface area contributed by atoms with Crippen LogP contribution in [0.2, 0.25) is 0 Å². The SMILES string of the molecule is CC(C)(C)OC(=O)Nc1cccc(C(C)(O)C(F)(F)C(=O)NN)c1. The van der Waals surface area contributed by atoms with E-state index >= 15 is 0 Å². The molecule has 0 aliphatic rings. The Morgan fingerprint density at radius 1 is 1.21 bits per heavy atom. The van der Waals surface area contributed by atoms with Crippen LogP contribution in [0.5, 0.6) is 0 Å². The number of anilines is 1. The lowest BCUT2D eigenvalue weighted by Crippen LogP contribution is -2.55.